The van der Waals surface area contributed by atoms with Crippen LogP contribution >= 0.6 is 0 Å². The van der Waals surface area contributed by atoms with E-state index in [1.807, 2.05) is 0 Å². The van der Waals surface area contributed by atoms with E-state index in [4.69, 9.17) is 0 Å². The van der Waals surface area contributed by atoms with Crippen LogP contribution in [0.3, 0.4) is 0 Å². The first-order chi connectivity index (χ1) is 32.1. The summed E-state index contributed by atoms with van der Waals surface area (Å²) in [5.74, 6) is 0.911. The molecule has 0 bridgehead atoms. The van der Waals surface area contributed by atoms with Crippen LogP contribution in [0.4, 0.5) is 17.1 Å². The highest BCUT2D eigenvalue weighted by Gasteiger charge is 2.55. The van der Waals surface area contributed by atoms with Gasteiger partial charge >= 0.3 is 0 Å². The molecular weight excluding hydrogens is 785 g/mol. The van der Waals surface area contributed by atoms with Crippen LogP contribution in [0.25, 0.3) is 60.9 Å². The summed E-state index contributed by atoms with van der Waals surface area (Å²) in [6.45, 7) is 4.81. The third-order valence-electron chi connectivity index (χ3n) is 14.8. The number of allylic oxidation sites excluding steroid dienone is 8. The molecule has 0 aliphatic heterocycles. The number of para-hydroxylation sites is 2. The molecule has 1 spiro atoms. The van der Waals surface area contributed by atoms with Gasteiger partial charge in [0.2, 0.25) is 0 Å². The second kappa shape index (κ2) is 14.7. The van der Waals surface area contributed by atoms with Crippen LogP contribution in [0, 0.1) is 11.8 Å². The van der Waals surface area contributed by atoms with Crippen molar-refractivity contribution < 1.29 is 0 Å². The van der Waals surface area contributed by atoms with Crippen molar-refractivity contribution in [2.45, 2.75) is 32.1 Å². The predicted molar refractivity (Wildman–Crippen MR) is 273 cm³/mol. The Morgan fingerprint density at radius 3 is 1.92 bits per heavy atom. The third kappa shape index (κ3) is 5.66. The van der Waals surface area contributed by atoms with E-state index >= 15 is 0 Å². The van der Waals surface area contributed by atoms with Crippen molar-refractivity contribution in [3.05, 3.63) is 252 Å². The lowest BCUT2D eigenvalue weighted by molar-refractivity contribution is 0.586. The summed E-state index contributed by atoms with van der Waals surface area (Å²) in [7, 11) is 0. The van der Waals surface area contributed by atoms with E-state index in [9.17, 15) is 0 Å². The Morgan fingerprint density at radius 1 is 0.508 bits per heavy atom. The number of fused-ring (bicyclic) bond motifs is 11. The largest absolute Gasteiger partial charge is 0.310 e. The Balaban J connectivity index is 0.969. The molecule has 65 heavy (non-hydrogen) atoms. The molecule has 3 unspecified atom stereocenters. The molecule has 310 valence electrons. The van der Waals surface area contributed by atoms with Gasteiger partial charge in [0.25, 0.3) is 0 Å². The van der Waals surface area contributed by atoms with Gasteiger partial charge in [0.1, 0.15) is 0 Å². The summed E-state index contributed by atoms with van der Waals surface area (Å²) < 4.78 is 2.38. The molecule has 1 aromatic heterocycles. The normalized spacial score (nSPS) is 19.2. The molecule has 0 fully saturated rings. The summed E-state index contributed by atoms with van der Waals surface area (Å²) in [5.41, 5.74) is 23.1. The second-order valence-electron chi connectivity index (χ2n) is 18.5. The summed E-state index contributed by atoms with van der Waals surface area (Å²) >= 11 is 0. The van der Waals surface area contributed by atoms with E-state index in [1.165, 1.54) is 94.4 Å². The number of aromatic nitrogens is 1. The van der Waals surface area contributed by atoms with Crippen LogP contribution in [-0.2, 0) is 5.41 Å². The average Bonchev–Trinajstić information content (AvgIpc) is 3.96. The van der Waals surface area contributed by atoms with Crippen LogP contribution in [0.2, 0.25) is 0 Å². The molecule has 0 saturated heterocycles. The van der Waals surface area contributed by atoms with Crippen molar-refractivity contribution >= 4 is 50.0 Å². The molecule has 2 nitrogen and oxygen atoms in total. The Bertz CT molecular complexity index is 3490. The van der Waals surface area contributed by atoms with Gasteiger partial charge in [0.15, 0.2) is 0 Å². The van der Waals surface area contributed by atoms with Gasteiger partial charge in [0.05, 0.1) is 16.4 Å². The number of rotatable bonds is 6. The first-order valence-corrected chi connectivity index (χ1v) is 23.3. The highest BCUT2D eigenvalue weighted by Crippen LogP contribution is 2.65. The van der Waals surface area contributed by atoms with E-state index in [-0.39, 0.29) is 5.41 Å². The van der Waals surface area contributed by atoms with Gasteiger partial charge < -0.3 is 9.47 Å². The van der Waals surface area contributed by atoms with Gasteiger partial charge in [-0.05, 0) is 158 Å². The zero-order chi connectivity index (χ0) is 43.2. The SMILES string of the molecule is CC1C=CC2=C(C1)c1ccc(N(c3ccc(-c4ccccc4)cc3)c3ccc(-c4ccc5c(c4)c4ccccc4n5-c4ccccc4)cc3)cc1C21C2=C(C=CCC2C)c2ccccc21. The van der Waals surface area contributed by atoms with Gasteiger partial charge in [0, 0.05) is 33.5 Å². The quantitative estimate of drug-likeness (QED) is 0.162. The molecule has 3 atom stereocenters. The summed E-state index contributed by atoms with van der Waals surface area (Å²) in [6, 6.07) is 72.1. The first-order valence-electron chi connectivity index (χ1n) is 23.3. The minimum atomic E-state index is -0.331. The Morgan fingerprint density at radius 2 is 1.14 bits per heavy atom. The molecule has 4 aliphatic carbocycles. The van der Waals surface area contributed by atoms with Crippen LogP contribution in [0.15, 0.2) is 230 Å². The number of hydrogen-bond acceptors (Lipinski definition) is 1. The molecule has 13 rings (SSSR count). The van der Waals surface area contributed by atoms with Gasteiger partial charge in [-0.1, -0.05) is 166 Å². The highest BCUT2D eigenvalue weighted by molar-refractivity contribution is 6.10. The topological polar surface area (TPSA) is 8.17 Å². The van der Waals surface area contributed by atoms with E-state index in [0.29, 0.717) is 11.8 Å². The molecule has 4 aliphatic rings. The van der Waals surface area contributed by atoms with Crippen molar-refractivity contribution in [2.24, 2.45) is 11.8 Å². The second-order valence-corrected chi connectivity index (χ2v) is 18.5. The lowest BCUT2D eigenvalue weighted by Crippen LogP contribution is -2.32. The predicted octanol–water partition coefficient (Wildman–Crippen LogP) is 16.6. The van der Waals surface area contributed by atoms with Crippen molar-refractivity contribution in [3.63, 3.8) is 0 Å². The minimum Gasteiger partial charge on any atom is -0.310 e. The molecule has 0 radical (unpaired) electrons. The van der Waals surface area contributed by atoms with Crippen LogP contribution in [0.5, 0.6) is 0 Å². The van der Waals surface area contributed by atoms with Gasteiger partial charge in [-0.2, -0.15) is 0 Å². The van der Waals surface area contributed by atoms with Crippen molar-refractivity contribution in [3.8, 4) is 27.9 Å². The molecule has 8 aromatic carbocycles. The Kier molecular flexibility index (Phi) is 8.55. The number of anilines is 3. The van der Waals surface area contributed by atoms with Crippen molar-refractivity contribution in [1.29, 1.82) is 0 Å². The summed E-state index contributed by atoms with van der Waals surface area (Å²) in [5, 5.41) is 2.52. The Hall–Kier alpha value is -7.68. The molecule has 0 N–H and O–H groups in total. The lowest BCUT2D eigenvalue weighted by Gasteiger charge is -2.38. The fourth-order valence-corrected chi connectivity index (χ4v) is 12.0. The summed E-state index contributed by atoms with van der Waals surface area (Å²) in [6.07, 6.45) is 11.9. The molecule has 1 heterocycles. The Labute approximate surface area is 381 Å². The van der Waals surface area contributed by atoms with Crippen LogP contribution < -0.4 is 4.90 Å². The number of hydrogen-bond donors (Lipinski definition) is 0. The van der Waals surface area contributed by atoms with Gasteiger partial charge in [-0.25, -0.2) is 0 Å². The number of benzene rings is 8. The lowest BCUT2D eigenvalue weighted by atomic mass is 9.64. The van der Waals surface area contributed by atoms with E-state index in [1.54, 1.807) is 5.57 Å². The molecule has 9 aromatic rings. The molecule has 2 heteroatoms. The smallest absolute Gasteiger partial charge is 0.0688 e. The summed E-state index contributed by atoms with van der Waals surface area (Å²) in [4.78, 5) is 2.47. The van der Waals surface area contributed by atoms with Crippen molar-refractivity contribution in [2.75, 3.05) is 4.90 Å². The monoisotopic (exact) mass is 832 g/mol. The molecule has 0 amide bonds. The fourth-order valence-electron chi connectivity index (χ4n) is 12.0. The third-order valence-corrected chi connectivity index (χ3v) is 14.8. The van der Waals surface area contributed by atoms with E-state index < -0.39 is 0 Å². The molecule has 0 saturated carbocycles. The number of nitrogens with zero attached hydrogens (tertiary/aromatic N) is 2. The first kappa shape index (κ1) is 37.8. The maximum absolute atomic E-state index is 2.55. The fraction of sp³-hybridized carbons (Fsp3) is 0.111. The van der Waals surface area contributed by atoms with Crippen molar-refractivity contribution in [1.82, 2.24) is 4.57 Å². The van der Waals surface area contributed by atoms with E-state index in [2.05, 4.69) is 242 Å². The van der Waals surface area contributed by atoms with E-state index in [0.717, 1.165) is 24.2 Å². The zero-order valence-electron chi connectivity index (χ0n) is 36.7. The zero-order valence-corrected chi connectivity index (χ0v) is 36.7. The van der Waals surface area contributed by atoms with Gasteiger partial charge in [-0.3, -0.25) is 0 Å². The standard InChI is InChI=1S/C63H48N2/c1-41-24-36-58-55(38-41)52-35-34-50(40-59(52)63(58)57-22-11-9-19-51(57)54-21-13-14-42(2)62(54)63)64(48-30-25-44(26-31-48)43-15-5-3-6-16-43)49-32-27-45(28-33-49)46-29-37-61-56(39-46)53-20-10-12-23-60(53)65(61)47-17-7-4-8-18-47/h3-13,15-37,39-42H,14,38H2,1-2H3. The average molecular weight is 833 g/mol. The van der Waals surface area contributed by atoms with Gasteiger partial charge in [-0.15, -0.1) is 0 Å². The minimum absolute atomic E-state index is 0.331. The maximum Gasteiger partial charge on any atom is 0.0688 e. The van der Waals surface area contributed by atoms with Crippen LogP contribution in [0.1, 0.15) is 48.9 Å². The highest BCUT2D eigenvalue weighted by atomic mass is 15.1. The van der Waals surface area contributed by atoms with Crippen LogP contribution in [-0.4, -0.2) is 4.57 Å². The maximum atomic E-state index is 2.55. The molecular formula is C63H48N2.